The molecule has 3 aromatic heterocycles. The lowest BCUT2D eigenvalue weighted by Gasteiger charge is -2.12. The standard InChI is InChI=1S/C44H27N3O/c1-3-12-28(13-4-1)30-16-11-17-31(26-30)32-22-24-38-36(27-32)41-39(25-23-34-33-18-8-10-21-40(33)48-43(34)41)47(38)44-45-37-20-9-7-19-35(37)42(46-44)29-14-5-2-6-15-29/h1-27H. The van der Waals surface area contributed by atoms with Crippen molar-refractivity contribution >= 4 is 54.6 Å². The van der Waals surface area contributed by atoms with Crippen LogP contribution in [-0.4, -0.2) is 14.5 Å². The van der Waals surface area contributed by atoms with Crippen LogP contribution in [0.5, 0.6) is 0 Å². The Hall–Kier alpha value is -6.52. The lowest BCUT2D eigenvalue weighted by molar-refractivity contribution is 0.673. The van der Waals surface area contributed by atoms with Gasteiger partial charge in [0.2, 0.25) is 5.95 Å². The Labute approximate surface area is 276 Å². The first-order valence-electron chi connectivity index (χ1n) is 16.2. The van der Waals surface area contributed by atoms with Crippen LogP contribution in [0.15, 0.2) is 168 Å². The summed E-state index contributed by atoms with van der Waals surface area (Å²) in [5.41, 5.74) is 11.3. The van der Waals surface area contributed by atoms with Gasteiger partial charge in [0.25, 0.3) is 0 Å². The van der Waals surface area contributed by atoms with Crippen LogP contribution in [0.2, 0.25) is 0 Å². The largest absolute Gasteiger partial charge is 0.455 e. The molecule has 0 atom stereocenters. The molecule has 48 heavy (non-hydrogen) atoms. The molecule has 0 radical (unpaired) electrons. The fourth-order valence-electron chi connectivity index (χ4n) is 7.17. The zero-order valence-electron chi connectivity index (χ0n) is 25.8. The summed E-state index contributed by atoms with van der Waals surface area (Å²) in [5, 5.41) is 5.37. The normalized spacial score (nSPS) is 11.8. The van der Waals surface area contributed by atoms with E-state index in [1.807, 2.05) is 30.3 Å². The third kappa shape index (κ3) is 4.10. The quantitative estimate of drug-likeness (QED) is 0.198. The molecule has 10 aromatic rings. The van der Waals surface area contributed by atoms with Gasteiger partial charge < -0.3 is 4.42 Å². The number of hydrogen-bond donors (Lipinski definition) is 0. The number of hydrogen-bond acceptors (Lipinski definition) is 3. The number of benzene rings is 7. The minimum Gasteiger partial charge on any atom is -0.455 e. The number of fused-ring (bicyclic) bond motifs is 8. The molecule has 0 spiro atoms. The van der Waals surface area contributed by atoms with Gasteiger partial charge in [-0.15, -0.1) is 0 Å². The number of para-hydroxylation sites is 2. The predicted octanol–water partition coefficient (Wildman–Crippen LogP) is 11.6. The van der Waals surface area contributed by atoms with Crippen LogP contribution in [0, 0.1) is 0 Å². The number of aromatic nitrogens is 3. The molecule has 0 N–H and O–H groups in total. The zero-order chi connectivity index (χ0) is 31.6. The summed E-state index contributed by atoms with van der Waals surface area (Å²) >= 11 is 0. The molecule has 7 aromatic carbocycles. The van der Waals surface area contributed by atoms with Crippen LogP contribution in [0.1, 0.15) is 0 Å². The molecule has 0 aliphatic carbocycles. The fraction of sp³-hybridized carbons (Fsp3) is 0. The summed E-state index contributed by atoms with van der Waals surface area (Å²) in [7, 11) is 0. The molecule has 0 saturated carbocycles. The van der Waals surface area contributed by atoms with Gasteiger partial charge in [0.15, 0.2) is 0 Å². The summed E-state index contributed by atoms with van der Waals surface area (Å²) in [6, 6.07) is 57.2. The van der Waals surface area contributed by atoms with Crippen LogP contribution in [0.25, 0.3) is 94.1 Å². The Kier molecular flexibility index (Phi) is 5.84. The van der Waals surface area contributed by atoms with E-state index in [-0.39, 0.29) is 0 Å². The van der Waals surface area contributed by atoms with Gasteiger partial charge in [0, 0.05) is 27.1 Å². The van der Waals surface area contributed by atoms with Crippen LogP contribution in [-0.2, 0) is 0 Å². The van der Waals surface area contributed by atoms with Gasteiger partial charge >= 0.3 is 0 Å². The second-order valence-electron chi connectivity index (χ2n) is 12.2. The first kappa shape index (κ1) is 26.7. The number of furan rings is 1. The highest BCUT2D eigenvalue weighted by atomic mass is 16.3. The van der Waals surface area contributed by atoms with Crippen molar-refractivity contribution in [3.05, 3.63) is 164 Å². The van der Waals surface area contributed by atoms with Crippen molar-refractivity contribution in [2.24, 2.45) is 0 Å². The van der Waals surface area contributed by atoms with E-state index in [1.54, 1.807) is 0 Å². The zero-order valence-corrected chi connectivity index (χ0v) is 25.8. The molecule has 10 rings (SSSR count). The van der Waals surface area contributed by atoms with Gasteiger partial charge in [-0.25, -0.2) is 9.97 Å². The summed E-state index contributed by atoms with van der Waals surface area (Å²) in [4.78, 5) is 10.5. The van der Waals surface area contributed by atoms with Crippen LogP contribution in [0.4, 0.5) is 0 Å². The van der Waals surface area contributed by atoms with Crippen molar-refractivity contribution in [2.75, 3.05) is 0 Å². The molecule has 0 bridgehead atoms. The van der Waals surface area contributed by atoms with E-state index in [0.29, 0.717) is 5.95 Å². The maximum atomic E-state index is 6.65. The van der Waals surface area contributed by atoms with Gasteiger partial charge in [-0.3, -0.25) is 4.57 Å². The van der Waals surface area contributed by atoms with E-state index < -0.39 is 0 Å². The van der Waals surface area contributed by atoms with E-state index in [0.717, 1.165) is 77.0 Å². The Morgan fingerprint density at radius 2 is 1.06 bits per heavy atom. The smallest absolute Gasteiger partial charge is 0.235 e. The SMILES string of the molecule is c1ccc(-c2cccc(-c3ccc4c(c3)c3c5oc6ccccc6c5ccc3n4-c3nc(-c4ccccc4)c4ccccc4n3)c2)cc1. The minimum absolute atomic E-state index is 0.627. The van der Waals surface area contributed by atoms with Crippen molar-refractivity contribution in [2.45, 2.75) is 0 Å². The molecule has 0 amide bonds. The van der Waals surface area contributed by atoms with Gasteiger partial charge in [-0.2, -0.15) is 0 Å². The van der Waals surface area contributed by atoms with E-state index in [1.165, 1.54) is 11.1 Å². The summed E-state index contributed by atoms with van der Waals surface area (Å²) < 4.78 is 8.85. The minimum atomic E-state index is 0.627. The Bertz CT molecular complexity index is 2830. The lowest BCUT2D eigenvalue weighted by atomic mass is 9.98. The third-order valence-corrected chi connectivity index (χ3v) is 9.41. The topological polar surface area (TPSA) is 43.9 Å². The molecule has 0 unspecified atom stereocenters. The molecule has 4 heteroatoms. The molecular weight excluding hydrogens is 587 g/mol. The van der Waals surface area contributed by atoms with Crippen molar-refractivity contribution in [3.8, 4) is 39.5 Å². The average Bonchev–Trinajstić information content (AvgIpc) is 3.70. The Morgan fingerprint density at radius 3 is 1.90 bits per heavy atom. The molecule has 4 nitrogen and oxygen atoms in total. The highest BCUT2D eigenvalue weighted by Crippen LogP contribution is 2.42. The van der Waals surface area contributed by atoms with Crippen LogP contribution in [0.3, 0.4) is 0 Å². The second-order valence-corrected chi connectivity index (χ2v) is 12.2. The highest BCUT2D eigenvalue weighted by Gasteiger charge is 2.22. The molecule has 3 heterocycles. The van der Waals surface area contributed by atoms with E-state index in [2.05, 4.69) is 138 Å². The first-order chi connectivity index (χ1) is 23.8. The van der Waals surface area contributed by atoms with Crippen molar-refractivity contribution in [1.29, 1.82) is 0 Å². The summed E-state index contributed by atoms with van der Waals surface area (Å²) in [6.07, 6.45) is 0. The van der Waals surface area contributed by atoms with Crippen molar-refractivity contribution in [1.82, 2.24) is 14.5 Å². The molecule has 0 fully saturated rings. The monoisotopic (exact) mass is 613 g/mol. The molecular formula is C44H27N3O. The van der Waals surface area contributed by atoms with Crippen molar-refractivity contribution < 1.29 is 4.42 Å². The fourth-order valence-corrected chi connectivity index (χ4v) is 7.17. The van der Waals surface area contributed by atoms with Gasteiger partial charge in [-0.05, 0) is 64.7 Å². The van der Waals surface area contributed by atoms with Crippen LogP contribution >= 0.6 is 0 Å². The van der Waals surface area contributed by atoms with Crippen LogP contribution < -0.4 is 0 Å². The highest BCUT2D eigenvalue weighted by molar-refractivity contribution is 6.24. The van der Waals surface area contributed by atoms with Gasteiger partial charge in [-0.1, -0.05) is 121 Å². The average molecular weight is 614 g/mol. The van der Waals surface area contributed by atoms with Crippen molar-refractivity contribution in [3.63, 3.8) is 0 Å². The summed E-state index contributed by atoms with van der Waals surface area (Å²) in [5.74, 6) is 0.627. The lowest BCUT2D eigenvalue weighted by Crippen LogP contribution is -2.03. The Balaban J connectivity index is 1.28. The maximum absolute atomic E-state index is 6.65. The van der Waals surface area contributed by atoms with E-state index >= 15 is 0 Å². The van der Waals surface area contributed by atoms with E-state index in [4.69, 9.17) is 14.4 Å². The van der Waals surface area contributed by atoms with Gasteiger partial charge in [0.1, 0.15) is 11.2 Å². The molecule has 224 valence electrons. The predicted molar refractivity (Wildman–Crippen MR) is 197 cm³/mol. The number of rotatable bonds is 4. The maximum Gasteiger partial charge on any atom is 0.235 e. The molecule has 0 aliphatic rings. The Morgan fingerprint density at radius 1 is 0.417 bits per heavy atom. The molecule has 0 saturated heterocycles. The first-order valence-corrected chi connectivity index (χ1v) is 16.2. The number of nitrogens with zero attached hydrogens (tertiary/aromatic N) is 3. The van der Waals surface area contributed by atoms with Gasteiger partial charge in [0.05, 0.1) is 27.6 Å². The van der Waals surface area contributed by atoms with E-state index in [9.17, 15) is 0 Å². The third-order valence-electron chi connectivity index (χ3n) is 9.41. The molecule has 0 aliphatic heterocycles. The second kappa shape index (κ2) is 10.5. The summed E-state index contributed by atoms with van der Waals surface area (Å²) in [6.45, 7) is 0.